The molecule has 0 saturated heterocycles. The van der Waals surface area contributed by atoms with Crippen LogP contribution in [-0.2, 0) is 4.79 Å². The first-order valence-electron chi connectivity index (χ1n) is 6.45. The van der Waals surface area contributed by atoms with Crippen LogP contribution in [0.3, 0.4) is 0 Å². The van der Waals surface area contributed by atoms with Gasteiger partial charge in [0, 0.05) is 12.6 Å². The fourth-order valence-corrected chi connectivity index (χ4v) is 2.44. The van der Waals surface area contributed by atoms with Crippen LogP contribution in [0.4, 0.5) is 0 Å². The third-order valence-corrected chi connectivity index (χ3v) is 3.56. The second-order valence-corrected chi connectivity index (χ2v) is 4.87. The molecule has 4 heteroatoms. The maximum atomic E-state index is 11.9. The van der Waals surface area contributed by atoms with Gasteiger partial charge in [-0.15, -0.1) is 0 Å². The zero-order chi connectivity index (χ0) is 13.0. The van der Waals surface area contributed by atoms with Crippen LogP contribution in [0.2, 0.25) is 0 Å². The highest BCUT2D eigenvalue weighted by Gasteiger charge is 2.30. The fraction of sp³-hybridized carbons (Fsp3) is 0.500. The maximum Gasteiger partial charge on any atom is 0.224 e. The van der Waals surface area contributed by atoms with E-state index >= 15 is 0 Å². The molecule has 0 bridgehead atoms. The van der Waals surface area contributed by atoms with E-state index in [-0.39, 0.29) is 24.4 Å². The van der Waals surface area contributed by atoms with Crippen LogP contribution in [0.25, 0.3) is 0 Å². The van der Waals surface area contributed by atoms with Crippen molar-refractivity contribution < 1.29 is 9.90 Å². The first-order chi connectivity index (χ1) is 8.68. The molecule has 0 radical (unpaired) electrons. The molecule has 0 aromatic heterocycles. The molecule has 1 aliphatic carbocycles. The Morgan fingerprint density at radius 1 is 1.39 bits per heavy atom. The van der Waals surface area contributed by atoms with Crippen molar-refractivity contribution in [2.75, 3.05) is 6.54 Å². The van der Waals surface area contributed by atoms with Gasteiger partial charge in [0.2, 0.25) is 5.91 Å². The van der Waals surface area contributed by atoms with Crippen molar-refractivity contribution in [1.82, 2.24) is 5.32 Å². The molecule has 0 aliphatic heterocycles. The van der Waals surface area contributed by atoms with Gasteiger partial charge in [-0.2, -0.15) is 0 Å². The number of aliphatic hydroxyl groups is 1. The average Bonchev–Trinajstić information content (AvgIpc) is 2.83. The molecule has 1 aromatic rings. The standard InChI is InChI=1S/C14H20N2O2/c15-12-8-4-7-11(12)14(18)16-9-13(17)10-5-2-1-3-6-10/h1-3,5-6,11-13,17H,4,7-9,15H2,(H,16,18). The lowest BCUT2D eigenvalue weighted by Gasteiger charge is -2.17. The number of hydrogen-bond acceptors (Lipinski definition) is 3. The third kappa shape index (κ3) is 3.09. The first-order valence-corrected chi connectivity index (χ1v) is 6.45. The molecule has 2 rings (SSSR count). The molecule has 1 aromatic carbocycles. The Hall–Kier alpha value is -1.39. The molecule has 1 saturated carbocycles. The Kier molecular flexibility index (Phi) is 4.33. The number of nitrogens with one attached hydrogen (secondary N) is 1. The van der Waals surface area contributed by atoms with Gasteiger partial charge >= 0.3 is 0 Å². The van der Waals surface area contributed by atoms with Crippen LogP contribution in [0.5, 0.6) is 0 Å². The summed E-state index contributed by atoms with van der Waals surface area (Å²) >= 11 is 0. The molecular formula is C14H20N2O2. The van der Waals surface area contributed by atoms with Gasteiger partial charge in [0.05, 0.1) is 12.0 Å². The van der Waals surface area contributed by atoms with E-state index < -0.39 is 6.10 Å². The number of carbonyl (C=O) groups is 1. The molecule has 3 atom stereocenters. The van der Waals surface area contributed by atoms with Crippen molar-refractivity contribution in [3.05, 3.63) is 35.9 Å². The predicted octanol–water partition coefficient (Wildman–Crippen LogP) is 0.964. The summed E-state index contributed by atoms with van der Waals surface area (Å²) in [6, 6.07) is 9.29. The normalized spacial score (nSPS) is 24.8. The molecule has 4 nitrogen and oxygen atoms in total. The van der Waals surface area contributed by atoms with Crippen molar-refractivity contribution >= 4 is 5.91 Å². The highest BCUT2D eigenvalue weighted by Crippen LogP contribution is 2.24. The van der Waals surface area contributed by atoms with Gasteiger partial charge in [-0.05, 0) is 18.4 Å². The molecule has 0 heterocycles. The SMILES string of the molecule is NC1CCCC1C(=O)NCC(O)c1ccccc1. The molecule has 0 spiro atoms. The molecule has 1 amide bonds. The smallest absolute Gasteiger partial charge is 0.224 e. The third-order valence-electron chi connectivity index (χ3n) is 3.56. The minimum atomic E-state index is -0.659. The van der Waals surface area contributed by atoms with Gasteiger partial charge < -0.3 is 16.2 Å². The molecular weight excluding hydrogens is 228 g/mol. The number of nitrogens with two attached hydrogens (primary N) is 1. The van der Waals surface area contributed by atoms with Crippen LogP contribution in [-0.4, -0.2) is 23.6 Å². The average molecular weight is 248 g/mol. The Balaban J connectivity index is 1.83. The molecule has 98 valence electrons. The Labute approximate surface area is 107 Å². The van der Waals surface area contributed by atoms with Crippen LogP contribution in [0.1, 0.15) is 30.9 Å². The minimum absolute atomic E-state index is 0.0288. The van der Waals surface area contributed by atoms with Crippen molar-refractivity contribution in [3.63, 3.8) is 0 Å². The quantitative estimate of drug-likeness (QED) is 0.743. The van der Waals surface area contributed by atoms with Crippen LogP contribution >= 0.6 is 0 Å². The van der Waals surface area contributed by atoms with E-state index in [1.165, 1.54) is 0 Å². The molecule has 1 aliphatic rings. The molecule has 3 unspecified atom stereocenters. The number of aliphatic hydroxyl groups excluding tert-OH is 1. The highest BCUT2D eigenvalue weighted by molar-refractivity contribution is 5.79. The van der Waals surface area contributed by atoms with E-state index in [0.29, 0.717) is 0 Å². The Morgan fingerprint density at radius 2 is 2.11 bits per heavy atom. The lowest BCUT2D eigenvalue weighted by molar-refractivity contribution is -0.125. The maximum absolute atomic E-state index is 11.9. The van der Waals surface area contributed by atoms with Crippen molar-refractivity contribution in [1.29, 1.82) is 0 Å². The highest BCUT2D eigenvalue weighted by atomic mass is 16.3. The monoisotopic (exact) mass is 248 g/mol. The Morgan fingerprint density at radius 3 is 2.72 bits per heavy atom. The van der Waals surface area contributed by atoms with E-state index in [1.54, 1.807) is 0 Å². The summed E-state index contributed by atoms with van der Waals surface area (Å²) in [6.45, 7) is 0.242. The lowest BCUT2D eigenvalue weighted by Crippen LogP contribution is -2.40. The number of carbonyl (C=O) groups excluding carboxylic acids is 1. The van der Waals surface area contributed by atoms with E-state index in [0.717, 1.165) is 24.8 Å². The van der Waals surface area contributed by atoms with E-state index in [1.807, 2.05) is 30.3 Å². The zero-order valence-corrected chi connectivity index (χ0v) is 10.4. The minimum Gasteiger partial charge on any atom is -0.387 e. The largest absolute Gasteiger partial charge is 0.387 e. The number of amides is 1. The summed E-state index contributed by atoms with van der Waals surface area (Å²) in [5.74, 6) is -0.122. The summed E-state index contributed by atoms with van der Waals surface area (Å²) in [6.07, 6.45) is 2.13. The number of benzene rings is 1. The molecule has 4 N–H and O–H groups in total. The van der Waals surface area contributed by atoms with Gasteiger partial charge in [-0.1, -0.05) is 36.8 Å². The summed E-state index contributed by atoms with van der Waals surface area (Å²) < 4.78 is 0. The molecule has 1 fully saturated rings. The predicted molar refractivity (Wildman–Crippen MR) is 69.7 cm³/mol. The number of rotatable bonds is 4. The fourth-order valence-electron chi connectivity index (χ4n) is 2.44. The second kappa shape index (κ2) is 5.98. The van der Waals surface area contributed by atoms with Crippen molar-refractivity contribution in [2.45, 2.75) is 31.4 Å². The lowest BCUT2D eigenvalue weighted by atomic mass is 10.0. The summed E-state index contributed by atoms with van der Waals surface area (Å²) in [4.78, 5) is 11.9. The van der Waals surface area contributed by atoms with E-state index in [2.05, 4.69) is 5.32 Å². The number of hydrogen-bond donors (Lipinski definition) is 3. The summed E-state index contributed by atoms with van der Waals surface area (Å²) in [5.41, 5.74) is 6.69. The molecule has 18 heavy (non-hydrogen) atoms. The Bertz CT molecular complexity index is 394. The summed E-state index contributed by atoms with van der Waals surface area (Å²) in [5, 5.41) is 12.7. The van der Waals surface area contributed by atoms with E-state index in [9.17, 15) is 9.90 Å². The van der Waals surface area contributed by atoms with Crippen molar-refractivity contribution in [2.24, 2.45) is 11.7 Å². The zero-order valence-electron chi connectivity index (χ0n) is 10.4. The van der Waals surface area contributed by atoms with Crippen LogP contribution in [0, 0.1) is 5.92 Å². The van der Waals surface area contributed by atoms with Crippen molar-refractivity contribution in [3.8, 4) is 0 Å². The first kappa shape index (κ1) is 13.1. The van der Waals surface area contributed by atoms with Crippen LogP contribution < -0.4 is 11.1 Å². The van der Waals surface area contributed by atoms with Gasteiger partial charge in [-0.25, -0.2) is 0 Å². The van der Waals surface area contributed by atoms with Gasteiger partial charge in [0.15, 0.2) is 0 Å². The van der Waals surface area contributed by atoms with Crippen LogP contribution in [0.15, 0.2) is 30.3 Å². The van der Waals surface area contributed by atoms with E-state index in [4.69, 9.17) is 5.73 Å². The van der Waals surface area contributed by atoms with Gasteiger partial charge in [0.1, 0.15) is 0 Å². The summed E-state index contributed by atoms with van der Waals surface area (Å²) in [7, 11) is 0. The topological polar surface area (TPSA) is 75.4 Å². The second-order valence-electron chi connectivity index (χ2n) is 4.87. The van der Waals surface area contributed by atoms with Gasteiger partial charge in [-0.3, -0.25) is 4.79 Å². The van der Waals surface area contributed by atoms with Gasteiger partial charge in [0.25, 0.3) is 0 Å².